The lowest BCUT2D eigenvalue weighted by molar-refractivity contribution is 0.0695. The number of nitrogens with one attached hydrogen (secondary N) is 2. The summed E-state index contributed by atoms with van der Waals surface area (Å²) in [5.74, 6) is -0.530. The molecule has 0 saturated carbocycles. The molecule has 0 aromatic carbocycles. The summed E-state index contributed by atoms with van der Waals surface area (Å²) in [6.45, 7) is 3.33. The third kappa shape index (κ3) is 3.47. The van der Waals surface area contributed by atoms with Crippen molar-refractivity contribution in [3.63, 3.8) is 0 Å². The molecule has 0 unspecified atom stereocenters. The Balaban J connectivity index is 2.56. The second kappa shape index (κ2) is 6.02. The molecule has 1 heterocycles. The van der Waals surface area contributed by atoms with Gasteiger partial charge in [0.05, 0.1) is 11.3 Å². The predicted octanol–water partition coefficient (Wildman–Crippen LogP) is 0.505. The van der Waals surface area contributed by atoms with Crippen LogP contribution in [0.1, 0.15) is 22.5 Å². The van der Waals surface area contributed by atoms with E-state index in [4.69, 9.17) is 5.11 Å². The lowest BCUT2D eigenvalue weighted by Crippen LogP contribution is -2.14. The molecule has 16 heavy (non-hydrogen) atoms. The normalized spacial score (nSPS) is 10.1. The molecule has 88 valence electrons. The maximum absolute atomic E-state index is 10.7. The van der Waals surface area contributed by atoms with Gasteiger partial charge in [0, 0.05) is 12.7 Å². The molecule has 1 aromatic heterocycles. The number of aromatic carboxylic acids is 1. The highest BCUT2D eigenvalue weighted by molar-refractivity contribution is 5.88. The number of carbonyl (C=O) groups is 1. The van der Waals surface area contributed by atoms with Crippen LogP contribution in [0.5, 0.6) is 0 Å². The van der Waals surface area contributed by atoms with Crippen LogP contribution in [-0.4, -0.2) is 41.2 Å². The minimum atomic E-state index is -1.00. The summed E-state index contributed by atoms with van der Waals surface area (Å²) >= 11 is 0. The predicted molar refractivity (Wildman–Crippen MR) is 60.8 cm³/mol. The van der Waals surface area contributed by atoms with Gasteiger partial charge in [-0.1, -0.05) is 0 Å². The molecule has 0 saturated heterocycles. The fourth-order valence-corrected chi connectivity index (χ4v) is 1.23. The summed E-state index contributed by atoms with van der Waals surface area (Å²) in [5.41, 5.74) is 0.611. The van der Waals surface area contributed by atoms with Crippen LogP contribution in [0.3, 0.4) is 0 Å². The van der Waals surface area contributed by atoms with Gasteiger partial charge in [0.2, 0.25) is 5.95 Å². The zero-order valence-electron chi connectivity index (χ0n) is 9.45. The number of hydrogen-bond donors (Lipinski definition) is 3. The zero-order chi connectivity index (χ0) is 12.0. The van der Waals surface area contributed by atoms with Crippen molar-refractivity contribution < 1.29 is 9.90 Å². The Bertz CT molecular complexity index is 368. The number of carboxylic acid groups (broad SMARTS) is 1. The molecule has 0 aliphatic carbocycles. The van der Waals surface area contributed by atoms with Crippen LogP contribution in [0.2, 0.25) is 0 Å². The van der Waals surface area contributed by atoms with Crippen molar-refractivity contribution in [2.75, 3.05) is 25.5 Å². The minimum absolute atomic E-state index is 0.140. The van der Waals surface area contributed by atoms with Crippen molar-refractivity contribution in [3.8, 4) is 0 Å². The largest absolute Gasteiger partial charge is 0.478 e. The van der Waals surface area contributed by atoms with Gasteiger partial charge in [-0.15, -0.1) is 0 Å². The highest BCUT2D eigenvalue weighted by Crippen LogP contribution is 2.06. The molecular formula is C10H16N4O2. The van der Waals surface area contributed by atoms with E-state index in [1.54, 1.807) is 6.92 Å². The van der Waals surface area contributed by atoms with Crippen molar-refractivity contribution in [3.05, 3.63) is 17.5 Å². The molecular weight excluding hydrogens is 208 g/mol. The zero-order valence-corrected chi connectivity index (χ0v) is 9.45. The molecule has 0 aliphatic rings. The molecule has 1 rings (SSSR count). The number of hydrogen-bond acceptors (Lipinski definition) is 5. The van der Waals surface area contributed by atoms with Crippen LogP contribution in [-0.2, 0) is 0 Å². The van der Waals surface area contributed by atoms with Gasteiger partial charge in [0.1, 0.15) is 0 Å². The lowest BCUT2D eigenvalue weighted by Gasteiger charge is -2.06. The van der Waals surface area contributed by atoms with Gasteiger partial charge >= 0.3 is 5.97 Å². The summed E-state index contributed by atoms with van der Waals surface area (Å²) in [7, 11) is 1.89. The lowest BCUT2D eigenvalue weighted by atomic mass is 10.2. The third-order valence-corrected chi connectivity index (χ3v) is 2.10. The Labute approximate surface area is 94.1 Å². The standard InChI is InChI=1S/C10H16N4O2/c1-7-8(9(15)16)6-13-10(14-7)12-5-3-4-11-2/h6,11H,3-5H2,1-2H3,(H,15,16)(H,12,13,14). The Kier molecular flexibility index (Phi) is 4.65. The molecule has 0 aliphatic heterocycles. The van der Waals surface area contributed by atoms with Crippen molar-refractivity contribution in [2.24, 2.45) is 0 Å². The fourth-order valence-electron chi connectivity index (χ4n) is 1.23. The highest BCUT2D eigenvalue weighted by Gasteiger charge is 2.09. The van der Waals surface area contributed by atoms with Gasteiger partial charge in [-0.05, 0) is 26.9 Å². The van der Waals surface area contributed by atoms with Crippen LogP contribution in [0.4, 0.5) is 5.95 Å². The first-order chi connectivity index (χ1) is 7.65. The molecule has 6 heteroatoms. The van der Waals surface area contributed by atoms with Gasteiger partial charge < -0.3 is 15.7 Å². The van der Waals surface area contributed by atoms with E-state index in [2.05, 4.69) is 20.6 Å². The Morgan fingerprint density at radius 2 is 2.25 bits per heavy atom. The van der Waals surface area contributed by atoms with Gasteiger partial charge in [0.25, 0.3) is 0 Å². The van der Waals surface area contributed by atoms with Crippen molar-refractivity contribution >= 4 is 11.9 Å². The van der Waals surface area contributed by atoms with E-state index in [1.807, 2.05) is 7.05 Å². The smallest absolute Gasteiger partial charge is 0.339 e. The maximum atomic E-state index is 10.7. The fraction of sp³-hybridized carbons (Fsp3) is 0.500. The van der Waals surface area contributed by atoms with Crippen molar-refractivity contribution in [1.82, 2.24) is 15.3 Å². The van der Waals surface area contributed by atoms with Gasteiger partial charge in [-0.3, -0.25) is 0 Å². The number of aromatic nitrogens is 2. The van der Waals surface area contributed by atoms with E-state index in [0.29, 0.717) is 11.6 Å². The maximum Gasteiger partial charge on any atom is 0.339 e. The third-order valence-electron chi connectivity index (χ3n) is 2.10. The van der Waals surface area contributed by atoms with E-state index in [0.717, 1.165) is 19.5 Å². The molecule has 0 amide bonds. The molecule has 6 nitrogen and oxygen atoms in total. The summed E-state index contributed by atoms with van der Waals surface area (Å²) < 4.78 is 0. The Hall–Kier alpha value is -1.69. The van der Waals surface area contributed by atoms with Crippen LogP contribution in [0.25, 0.3) is 0 Å². The number of carboxylic acids is 1. The average Bonchev–Trinajstić information content (AvgIpc) is 2.24. The number of nitrogens with zero attached hydrogens (tertiary/aromatic N) is 2. The number of rotatable bonds is 6. The van der Waals surface area contributed by atoms with Crippen LogP contribution >= 0.6 is 0 Å². The molecule has 0 spiro atoms. The number of anilines is 1. The second-order valence-electron chi connectivity index (χ2n) is 3.38. The van der Waals surface area contributed by atoms with E-state index >= 15 is 0 Å². The Morgan fingerprint density at radius 1 is 1.50 bits per heavy atom. The molecule has 3 N–H and O–H groups in total. The topological polar surface area (TPSA) is 87.1 Å². The van der Waals surface area contributed by atoms with E-state index in [9.17, 15) is 4.79 Å². The van der Waals surface area contributed by atoms with E-state index in [-0.39, 0.29) is 5.56 Å². The molecule has 0 atom stereocenters. The van der Waals surface area contributed by atoms with Crippen LogP contribution in [0, 0.1) is 6.92 Å². The monoisotopic (exact) mass is 224 g/mol. The van der Waals surface area contributed by atoms with Gasteiger partial charge in [-0.25, -0.2) is 14.8 Å². The molecule has 0 bridgehead atoms. The number of aryl methyl sites for hydroxylation is 1. The molecule has 0 radical (unpaired) electrons. The van der Waals surface area contributed by atoms with Gasteiger partial charge in [0.15, 0.2) is 0 Å². The van der Waals surface area contributed by atoms with E-state index < -0.39 is 5.97 Å². The highest BCUT2D eigenvalue weighted by atomic mass is 16.4. The van der Waals surface area contributed by atoms with Crippen molar-refractivity contribution in [1.29, 1.82) is 0 Å². The first-order valence-corrected chi connectivity index (χ1v) is 5.10. The first-order valence-electron chi connectivity index (χ1n) is 5.10. The SMILES string of the molecule is CNCCCNc1ncc(C(=O)O)c(C)n1. The average molecular weight is 224 g/mol. The molecule has 0 fully saturated rings. The van der Waals surface area contributed by atoms with Crippen LogP contribution < -0.4 is 10.6 Å². The van der Waals surface area contributed by atoms with Crippen LogP contribution in [0.15, 0.2) is 6.20 Å². The van der Waals surface area contributed by atoms with E-state index in [1.165, 1.54) is 6.20 Å². The quantitative estimate of drug-likeness (QED) is 0.610. The summed E-state index contributed by atoms with van der Waals surface area (Å²) in [6.07, 6.45) is 2.28. The summed E-state index contributed by atoms with van der Waals surface area (Å²) in [4.78, 5) is 18.7. The minimum Gasteiger partial charge on any atom is -0.478 e. The first kappa shape index (κ1) is 12.4. The summed E-state index contributed by atoms with van der Waals surface area (Å²) in [6, 6.07) is 0. The Morgan fingerprint density at radius 3 is 2.81 bits per heavy atom. The van der Waals surface area contributed by atoms with Crippen molar-refractivity contribution in [2.45, 2.75) is 13.3 Å². The molecule has 1 aromatic rings. The second-order valence-corrected chi connectivity index (χ2v) is 3.38. The summed E-state index contributed by atoms with van der Waals surface area (Å²) in [5, 5.41) is 14.9. The van der Waals surface area contributed by atoms with Gasteiger partial charge in [-0.2, -0.15) is 0 Å².